The van der Waals surface area contributed by atoms with Crippen LogP contribution in [-0.4, -0.2) is 37.1 Å². The monoisotopic (exact) mass is 224 g/mol. The van der Waals surface area contributed by atoms with Gasteiger partial charge in [-0.2, -0.15) is 0 Å². The summed E-state index contributed by atoms with van der Waals surface area (Å²) in [5, 5.41) is 3.56. The van der Waals surface area contributed by atoms with Crippen LogP contribution in [0.15, 0.2) is 11.6 Å². The fraction of sp³-hybridized carbons (Fsp3) is 0.857. The van der Waals surface area contributed by atoms with Gasteiger partial charge in [-0.05, 0) is 46.2 Å². The van der Waals surface area contributed by atoms with Crippen LogP contribution in [0.1, 0.15) is 46.5 Å². The highest BCUT2D eigenvalue weighted by molar-refractivity contribution is 4.96. The maximum absolute atomic E-state index is 3.56. The smallest absolute Gasteiger partial charge is 0.0223 e. The Morgan fingerprint density at radius 1 is 1.38 bits per heavy atom. The average Bonchev–Trinajstić information content (AvgIpc) is 2.28. The third kappa shape index (κ3) is 5.13. The van der Waals surface area contributed by atoms with Crippen molar-refractivity contribution in [2.75, 3.05) is 26.2 Å². The van der Waals surface area contributed by atoms with Crippen molar-refractivity contribution in [3.05, 3.63) is 11.6 Å². The number of allylic oxidation sites excluding steroid dienone is 1. The highest BCUT2D eigenvalue weighted by Crippen LogP contribution is 2.16. The summed E-state index contributed by atoms with van der Waals surface area (Å²) in [7, 11) is 0. The minimum Gasteiger partial charge on any atom is -0.315 e. The average molecular weight is 224 g/mol. The van der Waals surface area contributed by atoms with Crippen molar-refractivity contribution < 1.29 is 0 Å². The van der Waals surface area contributed by atoms with Crippen LogP contribution in [-0.2, 0) is 0 Å². The van der Waals surface area contributed by atoms with Gasteiger partial charge in [-0.15, -0.1) is 0 Å². The topological polar surface area (TPSA) is 15.3 Å². The van der Waals surface area contributed by atoms with E-state index in [4.69, 9.17) is 0 Å². The van der Waals surface area contributed by atoms with Crippen molar-refractivity contribution in [2.24, 2.45) is 0 Å². The molecule has 0 aromatic carbocycles. The van der Waals surface area contributed by atoms with Crippen LogP contribution in [0, 0.1) is 0 Å². The van der Waals surface area contributed by atoms with Crippen molar-refractivity contribution >= 4 is 0 Å². The normalized spacial score (nSPS) is 22.1. The maximum Gasteiger partial charge on any atom is 0.0223 e. The van der Waals surface area contributed by atoms with Crippen LogP contribution in [0.4, 0.5) is 0 Å². The lowest BCUT2D eigenvalue weighted by Gasteiger charge is -2.35. The molecule has 2 nitrogen and oxygen atoms in total. The summed E-state index contributed by atoms with van der Waals surface area (Å²) in [6.45, 7) is 11.4. The van der Waals surface area contributed by atoms with Gasteiger partial charge < -0.3 is 5.32 Å². The number of nitrogens with one attached hydrogen (secondary N) is 1. The molecule has 94 valence electrons. The van der Waals surface area contributed by atoms with E-state index in [-0.39, 0.29) is 0 Å². The predicted octanol–water partition coefficient (Wildman–Crippen LogP) is 2.81. The lowest BCUT2D eigenvalue weighted by atomic mass is 10.0. The van der Waals surface area contributed by atoms with E-state index in [1.807, 2.05) is 0 Å². The van der Waals surface area contributed by atoms with Crippen molar-refractivity contribution in [1.82, 2.24) is 10.2 Å². The predicted molar refractivity (Wildman–Crippen MR) is 71.8 cm³/mol. The van der Waals surface area contributed by atoms with E-state index in [0.29, 0.717) is 0 Å². The molecule has 0 bridgehead atoms. The van der Waals surface area contributed by atoms with Gasteiger partial charge in [0.15, 0.2) is 0 Å². The summed E-state index contributed by atoms with van der Waals surface area (Å²) < 4.78 is 0. The molecule has 0 amide bonds. The van der Waals surface area contributed by atoms with E-state index >= 15 is 0 Å². The highest BCUT2D eigenvalue weighted by Gasteiger charge is 2.20. The summed E-state index contributed by atoms with van der Waals surface area (Å²) in [6.07, 6.45) is 7.75. The van der Waals surface area contributed by atoms with Crippen molar-refractivity contribution in [1.29, 1.82) is 0 Å². The Kier molecular flexibility index (Phi) is 6.74. The third-order valence-corrected chi connectivity index (χ3v) is 3.29. The Hall–Kier alpha value is -0.340. The minimum atomic E-state index is 0.760. The molecule has 1 aliphatic rings. The zero-order chi connectivity index (χ0) is 11.8. The highest BCUT2D eigenvalue weighted by atomic mass is 15.2. The van der Waals surface area contributed by atoms with Crippen LogP contribution >= 0.6 is 0 Å². The van der Waals surface area contributed by atoms with E-state index in [1.165, 1.54) is 44.3 Å². The third-order valence-electron chi connectivity index (χ3n) is 3.29. The zero-order valence-corrected chi connectivity index (χ0v) is 11.3. The lowest BCUT2D eigenvalue weighted by Crippen LogP contribution is -2.45. The summed E-state index contributed by atoms with van der Waals surface area (Å²) >= 11 is 0. The standard InChI is InChI=1S/C14H28N2/c1-4-9-15-12-14-7-5-6-10-16(14)11-8-13(2)3/h8,14-15H,4-7,9-12H2,1-3H3. The Labute approximate surface area is 101 Å². The molecule has 1 aliphatic heterocycles. The molecule has 1 unspecified atom stereocenters. The van der Waals surface area contributed by atoms with Gasteiger partial charge >= 0.3 is 0 Å². The molecule has 0 aromatic heterocycles. The number of piperidine rings is 1. The lowest BCUT2D eigenvalue weighted by molar-refractivity contribution is 0.162. The molecule has 2 heteroatoms. The van der Waals surface area contributed by atoms with Crippen LogP contribution in [0.5, 0.6) is 0 Å². The Morgan fingerprint density at radius 3 is 2.88 bits per heavy atom. The molecule has 1 saturated heterocycles. The molecular weight excluding hydrogens is 196 g/mol. The molecule has 0 aliphatic carbocycles. The molecule has 16 heavy (non-hydrogen) atoms. The summed E-state index contributed by atoms with van der Waals surface area (Å²) in [4.78, 5) is 2.64. The van der Waals surface area contributed by atoms with Gasteiger partial charge in [-0.3, -0.25) is 4.90 Å². The molecule has 1 fully saturated rings. The fourth-order valence-electron chi connectivity index (χ4n) is 2.28. The van der Waals surface area contributed by atoms with Gasteiger partial charge in [0.2, 0.25) is 0 Å². The van der Waals surface area contributed by atoms with Gasteiger partial charge in [-0.1, -0.05) is 25.0 Å². The molecule has 0 saturated carbocycles. The van der Waals surface area contributed by atoms with E-state index in [1.54, 1.807) is 0 Å². The Balaban J connectivity index is 2.34. The van der Waals surface area contributed by atoms with Gasteiger partial charge in [0.1, 0.15) is 0 Å². The zero-order valence-electron chi connectivity index (χ0n) is 11.3. The summed E-state index contributed by atoms with van der Waals surface area (Å²) in [5.74, 6) is 0. The number of hydrogen-bond acceptors (Lipinski definition) is 2. The van der Waals surface area contributed by atoms with Gasteiger partial charge in [0, 0.05) is 19.1 Å². The summed E-state index contributed by atoms with van der Waals surface area (Å²) in [5.41, 5.74) is 1.44. The fourth-order valence-corrected chi connectivity index (χ4v) is 2.28. The van der Waals surface area contributed by atoms with Crippen LogP contribution in [0.2, 0.25) is 0 Å². The quantitative estimate of drug-likeness (QED) is 0.551. The second kappa shape index (κ2) is 7.86. The van der Waals surface area contributed by atoms with Crippen LogP contribution in [0.25, 0.3) is 0 Å². The van der Waals surface area contributed by atoms with E-state index in [2.05, 4.69) is 37.1 Å². The van der Waals surface area contributed by atoms with Gasteiger partial charge in [-0.25, -0.2) is 0 Å². The number of likely N-dealkylation sites (tertiary alicyclic amines) is 1. The second-order valence-corrected chi connectivity index (χ2v) is 5.13. The molecule has 0 radical (unpaired) electrons. The van der Waals surface area contributed by atoms with E-state index in [0.717, 1.165) is 19.1 Å². The second-order valence-electron chi connectivity index (χ2n) is 5.13. The molecule has 1 atom stereocenters. The minimum absolute atomic E-state index is 0.760. The van der Waals surface area contributed by atoms with Crippen LogP contribution < -0.4 is 5.32 Å². The molecule has 0 spiro atoms. The Bertz CT molecular complexity index is 207. The van der Waals surface area contributed by atoms with Crippen molar-refractivity contribution in [3.63, 3.8) is 0 Å². The van der Waals surface area contributed by atoms with Gasteiger partial charge in [0.05, 0.1) is 0 Å². The molecule has 0 aromatic rings. The first-order valence-electron chi connectivity index (χ1n) is 6.82. The Morgan fingerprint density at radius 2 is 2.19 bits per heavy atom. The van der Waals surface area contributed by atoms with Crippen LogP contribution in [0.3, 0.4) is 0 Å². The molecule has 1 N–H and O–H groups in total. The van der Waals surface area contributed by atoms with Gasteiger partial charge in [0.25, 0.3) is 0 Å². The number of hydrogen-bond donors (Lipinski definition) is 1. The maximum atomic E-state index is 3.56. The van der Waals surface area contributed by atoms with E-state index in [9.17, 15) is 0 Å². The number of rotatable bonds is 6. The molecule has 1 heterocycles. The number of nitrogens with zero attached hydrogens (tertiary/aromatic N) is 1. The first-order valence-corrected chi connectivity index (χ1v) is 6.82. The first-order chi connectivity index (χ1) is 7.74. The van der Waals surface area contributed by atoms with E-state index < -0.39 is 0 Å². The SMILES string of the molecule is CCCNCC1CCCCN1CC=C(C)C. The molecule has 1 rings (SSSR count). The largest absolute Gasteiger partial charge is 0.315 e. The van der Waals surface area contributed by atoms with Crippen molar-refractivity contribution in [2.45, 2.75) is 52.5 Å². The summed E-state index contributed by atoms with van der Waals surface area (Å²) in [6, 6.07) is 0.760. The first kappa shape index (κ1) is 13.7. The van der Waals surface area contributed by atoms with Crippen molar-refractivity contribution in [3.8, 4) is 0 Å². The molecular formula is C14H28N2.